The van der Waals surface area contributed by atoms with Crippen LogP contribution in [-0.2, 0) is 0 Å². The minimum atomic E-state index is 0.609. The van der Waals surface area contributed by atoms with Crippen molar-refractivity contribution in [1.29, 1.82) is 0 Å². The van der Waals surface area contributed by atoms with Gasteiger partial charge in [0, 0.05) is 25.7 Å². The molecule has 1 fully saturated rings. The third-order valence-corrected chi connectivity index (χ3v) is 4.80. The van der Waals surface area contributed by atoms with Crippen LogP contribution in [0.2, 0.25) is 0 Å². The van der Waals surface area contributed by atoms with Crippen molar-refractivity contribution in [3.05, 3.63) is 6.07 Å². The number of rotatable bonds is 6. The lowest BCUT2D eigenvalue weighted by atomic mass is 9.86. The van der Waals surface area contributed by atoms with E-state index in [0.717, 1.165) is 35.7 Å². The monoisotopic (exact) mass is 308 g/mol. The van der Waals surface area contributed by atoms with Crippen LogP contribution in [0.5, 0.6) is 0 Å². The molecule has 4 nitrogen and oxygen atoms in total. The van der Waals surface area contributed by atoms with Crippen LogP contribution in [0.4, 0.5) is 11.6 Å². The molecule has 0 aromatic carbocycles. The molecule has 1 heterocycles. The van der Waals surface area contributed by atoms with E-state index >= 15 is 0 Å². The molecule has 0 saturated heterocycles. The molecule has 2 atom stereocenters. The van der Waals surface area contributed by atoms with Gasteiger partial charge in [0.15, 0.2) is 5.16 Å². The predicted octanol–water partition coefficient (Wildman–Crippen LogP) is 4.04. The van der Waals surface area contributed by atoms with E-state index in [1.54, 1.807) is 11.8 Å². The summed E-state index contributed by atoms with van der Waals surface area (Å²) in [6.45, 7) is 5.48. The van der Waals surface area contributed by atoms with Crippen LogP contribution in [0.25, 0.3) is 0 Å². The highest BCUT2D eigenvalue weighted by Crippen LogP contribution is 2.30. The topological polar surface area (TPSA) is 41.0 Å². The zero-order chi connectivity index (χ0) is 15.2. The van der Waals surface area contributed by atoms with Crippen molar-refractivity contribution >= 4 is 23.4 Å². The summed E-state index contributed by atoms with van der Waals surface area (Å²) in [7, 11) is 2.18. The maximum absolute atomic E-state index is 4.70. The van der Waals surface area contributed by atoms with Crippen LogP contribution in [0.15, 0.2) is 11.2 Å². The average molecular weight is 308 g/mol. The fourth-order valence-electron chi connectivity index (χ4n) is 2.97. The van der Waals surface area contributed by atoms with Gasteiger partial charge in [0.2, 0.25) is 0 Å². The minimum absolute atomic E-state index is 0.609. The Balaban J connectivity index is 2.16. The van der Waals surface area contributed by atoms with E-state index in [4.69, 9.17) is 4.98 Å². The van der Waals surface area contributed by atoms with Crippen molar-refractivity contribution in [2.45, 2.75) is 57.1 Å². The van der Waals surface area contributed by atoms with Gasteiger partial charge in [-0.25, -0.2) is 9.97 Å². The van der Waals surface area contributed by atoms with Gasteiger partial charge in [-0.05, 0) is 31.4 Å². The molecule has 1 saturated carbocycles. The molecule has 0 spiro atoms. The predicted molar refractivity (Wildman–Crippen MR) is 92.4 cm³/mol. The summed E-state index contributed by atoms with van der Waals surface area (Å²) in [4.78, 5) is 11.6. The second-order valence-corrected chi connectivity index (χ2v) is 6.83. The average Bonchev–Trinajstić information content (AvgIpc) is 2.51. The Kier molecular flexibility index (Phi) is 6.15. The lowest BCUT2D eigenvalue weighted by Crippen LogP contribution is -2.36. The summed E-state index contributed by atoms with van der Waals surface area (Å²) in [6.07, 6.45) is 8.38. The van der Waals surface area contributed by atoms with Crippen molar-refractivity contribution in [2.24, 2.45) is 5.92 Å². The number of thioether (sulfide) groups is 1. The molecule has 1 aromatic rings. The Morgan fingerprint density at radius 1 is 1.38 bits per heavy atom. The zero-order valence-corrected chi connectivity index (χ0v) is 14.5. The normalized spacial score (nSPS) is 22.1. The molecule has 21 heavy (non-hydrogen) atoms. The molecule has 0 aliphatic heterocycles. The van der Waals surface area contributed by atoms with Crippen molar-refractivity contribution in [1.82, 2.24) is 9.97 Å². The number of hydrogen-bond donors (Lipinski definition) is 1. The molecule has 2 unspecified atom stereocenters. The van der Waals surface area contributed by atoms with Gasteiger partial charge in [0.25, 0.3) is 0 Å². The number of aromatic nitrogens is 2. The van der Waals surface area contributed by atoms with Crippen LogP contribution in [0, 0.1) is 5.92 Å². The van der Waals surface area contributed by atoms with Gasteiger partial charge >= 0.3 is 0 Å². The molecular weight excluding hydrogens is 280 g/mol. The maximum atomic E-state index is 4.70. The fourth-order valence-corrected chi connectivity index (χ4v) is 3.34. The molecule has 1 aliphatic carbocycles. The van der Waals surface area contributed by atoms with E-state index in [1.807, 2.05) is 6.26 Å². The smallest absolute Gasteiger partial charge is 0.191 e. The SMILES string of the molecule is CCCNc1cc(N(C)C2CCCC(C)C2)nc(SC)n1. The Bertz CT molecular complexity index is 452. The van der Waals surface area contributed by atoms with Gasteiger partial charge < -0.3 is 10.2 Å². The fraction of sp³-hybridized carbons (Fsp3) is 0.750. The van der Waals surface area contributed by atoms with Gasteiger partial charge in [0.05, 0.1) is 0 Å². The zero-order valence-electron chi connectivity index (χ0n) is 13.7. The quantitative estimate of drug-likeness (QED) is 0.634. The molecule has 0 bridgehead atoms. The van der Waals surface area contributed by atoms with Gasteiger partial charge in [-0.15, -0.1) is 0 Å². The van der Waals surface area contributed by atoms with E-state index in [-0.39, 0.29) is 0 Å². The largest absolute Gasteiger partial charge is 0.370 e. The highest BCUT2D eigenvalue weighted by Gasteiger charge is 2.23. The second kappa shape index (κ2) is 7.87. The van der Waals surface area contributed by atoms with Crippen molar-refractivity contribution in [2.75, 3.05) is 30.1 Å². The summed E-state index contributed by atoms with van der Waals surface area (Å²) >= 11 is 1.61. The van der Waals surface area contributed by atoms with Crippen molar-refractivity contribution in [3.8, 4) is 0 Å². The van der Waals surface area contributed by atoms with Gasteiger partial charge in [-0.2, -0.15) is 0 Å². The Morgan fingerprint density at radius 3 is 2.86 bits per heavy atom. The Morgan fingerprint density at radius 2 is 2.19 bits per heavy atom. The molecule has 2 rings (SSSR count). The van der Waals surface area contributed by atoms with Crippen LogP contribution < -0.4 is 10.2 Å². The molecule has 5 heteroatoms. The summed E-state index contributed by atoms with van der Waals surface area (Å²) < 4.78 is 0. The number of nitrogens with zero attached hydrogens (tertiary/aromatic N) is 3. The second-order valence-electron chi connectivity index (χ2n) is 6.06. The van der Waals surface area contributed by atoms with Crippen LogP contribution in [-0.4, -0.2) is 35.9 Å². The van der Waals surface area contributed by atoms with E-state index in [0.29, 0.717) is 6.04 Å². The van der Waals surface area contributed by atoms with E-state index < -0.39 is 0 Å². The highest BCUT2D eigenvalue weighted by atomic mass is 32.2. The summed E-state index contributed by atoms with van der Waals surface area (Å²) in [5.74, 6) is 2.82. The summed E-state index contributed by atoms with van der Waals surface area (Å²) in [5.41, 5.74) is 0. The molecule has 1 aromatic heterocycles. The Labute approximate surface area is 133 Å². The van der Waals surface area contributed by atoms with Crippen LogP contribution in [0.3, 0.4) is 0 Å². The first-order valence-corrected chi connectivity index (χ1v) is 9.26. The van der Waals surface area contributed by atoms with Gasteiger partial charge in [-0.1, -0.05) is 38.5 Å². The number of nitrogens with one attached hydrogen (secondary N) is 1. The lowest BCUT2D eigenvalue weighted by molar-refractivity contribution is 0.335. The molecule has 1 N–H and O–H groups in total. The van der Waals surface area contributed by atoms with Crippen molar-refractivity contribution in [3.63, 3.8) is 0 Å². The third kappa shape index (κ3) is 4.50. The maximum Gasteiger partial charge on any atom is 0.191 e. The standard InChI is InChI=1S/C16H28N4S/c1-5-9-17-14-11-15(19-16(18-14)21-4)20(3)13-8-6-7-12(2)10-13/h11-13H,5-10H2,1-4H3,(H,17,18,19). The van der Waals surface area contributed by atoms with E-state index in [2.05, 4.69) is 42.2 Å². The van der Waals surface area contributed by atoms with E-state index in [1.165, 1.54) is 25.7 Å². The molecule has 0 radical (unpaired) electrons. The first-order chi connectivity index (χ1) is 10.1. The summed E-state index contributed by atoms with van der Waals surface area (Å²) in [5, 5.41) is 4.23. The van der Waals surface area contributed by atoms with Crippen molar-refractivity contribution < 1.29 is 0 Å². The molecule has 0 amide bonds. The van der Waals surface area contributed by atoms with Gasteiger partial charge in [-0.3, -0.25) is 0 Å². The summed E-state index contributed by atoms with van der Waals surface area (Å²) in [6, 6.07) is 2.70. The first-order valence-electron chi connectivity index (χ1n) is 8.03. The molecular formula is C16H28N4S. The Hall–Kier alpha value is -0.970. The third-order valence-electron chi connectivity index (χ3n) is 4.25. The number of anilines is 2. The van der Waals surface area contributed by atoms with Crippen LogP contribution >= 0.6 is 11.8 Å². The molecule has 1 aliphatic rings. The van der Waals surface area contributed by atoms with Gasteiger partial charge in [0.1, 0.15) is 11.6 Å². The highest BCUT2D eigenvalue weighted by molar-refractivity contribution is 7.98. The molecule has 118 valence electrons. The first kappa shape index (κ1) is 16.4. The lowest BCUT2D eigenvalue weighted by Gasteiger charge is -2.35. The van der Waals surface area contributed by atoms with E-state index in [9.17, 15) is 0 Å². The van der Waals surface area contributed by atoms with Crippen LogP contribution in [0.1, 0.15) is 46.0 Å². The minimum Gasteiger partial charge on any atom is -0.370 e. The number of hydrogen-bond acceptors (Lipinski definition) is 5.